The number of hydrogen-bond donors (Lipinski definition) is 0. The van der Waals surface area contributed by atoms with Gasteiger partial charge in [-0.05, 0) is 46.9 Å². The number of anilines is 2. The number of imide groups is 1. The maximum absolute atomic E-state index is 13.7. The molecular formula is C27H25ClN2O3. The molecule has 0 unspecified atom stereocenters. The van der Waals surface area contributed by atoms with Gasteiger partial charge >= 0.3 is 0 Å². The second-order valence-corrected chi connectivity index (χ2v) is 9.96. The predicted octanol–water partition coefficient (Wildman–Crippen LogP) is 5.69. The maximum atomic E-state index is 13.7. The van der Waals surface area contributed by atoms with Crippen LogP contribution in [0.2, 0.25) is 5.02 Å². The topological polar surface area (TPSA) is 49.9 Å². The molecule has 0 saturated carbocycles. The average molecular weight is 461 g/mol. The SMILES string of the molecule is CC(C)(C)c1ccc([C@H]2[C@@H]3C(=O)N(c4cccc(Cl)c4)C(=O)[C@H]3ON2c2ccccc2)cc1. The summed E-state index contributed by atoms with van der Waals surface area (Å²) in [6.45, 7) is 6.49. The van der Waals surface area contributed by atoms with E-state index in [2.05, 4.69) is 32.9 Å². The summed E-state index contributed by atoms with van der Waals surface area (Å²) >= 11 is 6.13. The molecule has 33 heavy (non-hydrogen) atoms. The minimum Gasteiger partial charge on any atom is -0.273 e. The van der Waals surface area contributed by atoms with Crippen molar-refractivity contribution in [3.05, 3.63) is 95.0 Å². The van der Waals surface area contributed by atoms with Crippen LogP contribution < -0.4 is 9.96 Å². The molecule has 0 N–H and O–H groups in total. The molecule has 3 aromatic rings. The van der Waals surface area contributed by atoms with Gasteiger partial charge in [-0.2, -0.15) is 0 Å². The lowest BCUT2D eigenvalue weighted by Gasteiger charge is -2.29. The van der Waals surface area contributed by atoms with E-state index in [1.54, 1.807) is 29.3 Å². The zero-order valence-electron chi connectivity index (χ0n) is 18.7. The number of para-hydroxylation sites is 1. The van der Waals surface area contributed by atoms with Crippen molar-refractivity contribution in [1.29, 1.82) is 0 Å². The fourth-order valence-electron chi connectivity index (χ4n) is 4.60. The number of benzene rings is 3. The minimum atomic E-state index is -0.899. The van der Waals surface area contributed by atoms with Gasteiger partial charge < -0.3 is 0 Å². The second-order valence-electron chi connectivity index (χ2n) is 9.52. The maximum Gasteiger partial charge on any atom is 0.266 e. The standard InChI is InChI=1S/C27H25ClN2O3/c1-27(2,3)18-14-12-17(13-15-18)23-22-24(33-30(23)20-9-5-4-6-10-20)26(32)29(25(22)31)21-11-7-8-19(28)16-21/h4-16,22-24H,1-3H3/t22-,23-,24-/m0/s1. The van der Waals surface area contributed by atoms with E-state index in [-0.39, 0.29) is 17.2 Å². The van der Waals surface area contributed by atoms with Crippen molar-refractivity contribution in [2.24, 2.45) is 5.92 Å². The Balaban J connectivity index is 1.57. The van der Waals surface area contributed by atoms with Crippen molar-refractivity contribution < 1.29 is 14.4 Å². The predicted molar refractivity (Wildman–Crippen MR) is 129 cm³/mol. The lowest BCUT2D eigenvalue weighted by atomic mass is 9.84. The Kier molecular flexibility index (Phi) is 5.26. The van der Waals surface area contributed by atoms with Crippen LogP contribution in [0.25, 0.3) is 0 Å². The zero-order chi connectivity index (χ0) is 23.3. The molecule has 6 heteroatoms. The normalized spacial score (nSPS) is 22.7. The molecule has 2 amide bonds. The van der Waals surface area contributed by atoms with Gasteiger partial charge in [0, 0.05) is 5.02 Å². The molecule has 0 aromatic heterocycles. The third-order valence-corrected chi connectivity index (χ3v) is 6.55. The Hall–Kier alpha value is -3.15. The summed E-state index contributed by atoms with van der Waals surface area (Å²) in [6, 6.07) is 24.2. The third-order valence-electron chi connectivity index (χ3n) is 6.31. The number of hydroxylamine groups is 1. The first kappa shape index (κ1) is 21.7. The zero-order valence-corrected chi connectivity index (χ0v) is 19.5. The Labute approximate surface area is 198 Å². The lowest BCUT2D eigenvalue weighted by molar-refractivity contribution is -0.126. The molecule has 5 rings (SSSR count). The number of nitrogens with zero attached hydrogens (tertiary/aromatic N) is 2. The first-order chi connectivity index (χ1) is 15.8. The molecule has 2 aliphatic rings. The van der Waals surface area contributed by atoms with Crippen LogP contribution in [-0.2, 0) is 19.8 Å². The highest BCUT2D eigenvalue weighted by Gasteiger charge is 2.60. The number of halogens is 1. The highest BCUT2D eigenvalue weighted by molar-refractivity contribution is 6.31. The van der Waals surface area contributed by atoms with Crippen molar-refractivity contribution in [3.8, 4) is 0 Å². The highest BCUT2D eigenvalue weighted by Crippen LogP contribution is 2.47. The Morgan fingerprint density at radius 2 is 1.48 bits per heavy atom. The first-order valence-electron chi connectivity index (χ1n) is 11.0. The van der Waals surface area contributed by atoms with Crippen molar-refractivity contribution in [3.63, 3.8) is 0 Å². The van der Waals surface area contributed by atoms with Crippen LogP contribution in [0.3, 0.4) is 0 Å². The van der Waals surface area contributed by atoms with Crippen LogP contribution in [0.4, 0.5) is 11.4 Å². The molecule has 0 aliphatic carbocycles. The minimum absolute atomic E-state index is 0.00881. The van der Waals surface area contributed by atoms with Crippen LogP contribution in [-0.4, -0.2) is 17.9 Å². The highest BCUT2D eigenvalue weighted by atomic mass is 35.5. The van der Waals surface area contributed by atoms with E-state index in [9.17, 15) is 9.59 Å². The number of amides is 2. The van der Waals surface area contributed by atoms with E-state index in [0.717, 1.165) is 11.3 Å². The van der Waals surface area contributed by atoms with Crippen LogP contribution in [0.15, 0.2) is 78.9 Å². The number of hydrogen-bond acceptors (Lipinski definition) is 4. The van der Waals surface area contributed by atoms with Crippen molar-refractivity contribution in [2.75, 3.05) is 9.96 Å². The number of carbonyl (C=O) groups is 2. The molecule has 0 bridgehead atoms. The van der Waals surface area contributed by atoms with Gasteiger partial charge in [0.05, 0.1) is 17.4 Å². The molecule has 2 fully saturated rings. The molecule has 2 heterocycles. The van der Waals surface area contributed by atoms with Crippen LogP contribution in [0.5, 0.6) is 0 Å². The fraction of sp³-hybridized carbons (Fsp3) is 0.259. The van der Waals surface area contributed by atoms with Gasteiger partial charge in [-0.3, -0.25) is 14.4 Å². The van der Waals surface area contributed by atoms with E-state index in [4.69, 9.17) is 16.4 Å². The summed E-state index contributed by atoms with van der Waals surface area (Å²) in [5.74, 6) is -1.32. The van der Waals surface area contributed by atoms with E-state index < -0.39 is 18.1 Å². The average Bonchev–Trinajstić information content (AvgIpc) is 3.30. The van der Waals surface area contributed by atoms with Gasteiger partial charge in [0.1, 0.15) is 5.92 Å². The second kappa shape index (κ2) is 8.01. The third kappa shape index (κ3) is 3.71. The van der Waals surface area contributed by atoms with Gasteiger partial charge in [0.25, 0.3) is 5.91 Å². The van der Waals surface area contributed by atoms with E-state index in [1.165, 1.54) is 10.5 Å². The van der Waals surface area contributed by atoms with Gasteiger partial charge in [0.2, 0.25) is 5.91 Å². The molecule has 3 atom stereocenters. The van der Waals surface area contributed by atoms with Crippen molar-refractivity contribution >= 4 is 34.8 Å². The molecule has 2 aliphatic heterocycles. The van der Waals surface area contributed by atoms with Gasteiger partial charge in [-0.15, -0.1) is 0 Å². The van der Waals surface area contributed by atoms with Gasteiger partial charge in [-0.1, -0.05) is 80.9 Å². The van der Waals surface area contributed by atoms with Crippen LogP contribution >= 0.6 is 11.6 Å². The molecule has 168 valence electrons. The molecule has 3 aromatic carbocycles. The monoisotopic (exact) mass is 460 g/mol. The lowest BCUT2D eigenvalue weighted by Crippen LogP contribution is -2.37. The van der Waals surface area contributed by atoms with E-state index >= 15 is 0 Å². The Bertz CT molecular complexity index is 1200. The summed E-state index contributed by atoms with van der Waals surface area (Å²) in [6.07, 6.45) is -0.899. The van der Waals surface area contributed by atoms with E-state index in [1.807, 2.05) is 42.5 Å². The number of fused-ring (bicyclic) bond motifs is 1. The first-order valence-corrected chi connectivity index (χ1v) is 11.4. The summed E-state index contributed by atoms with van der Waals surface area (Å²) in [5.41, 5.74) is 3.39. The van der Waals surface area contributed by atoms with E-state index in [0.29, 0.717) is 10.7 Å². The fourth-order valence-corrected chi connectivity index (χ4v) is 4.79. The largest absolute Gasteiger partial charge is 0.273 e. The molecular weight excluding hydrogens is 436 g/mol. The summed E-state index contributed by atoms with van der Waals surface area (Å²) in [4.78, 5) is 34.4. The van der Waals surface area contributed by atoms with Gasteiger partial charge in [-0.25, -0.2) is 9.96 Å². The number of carbonyl (C=O) groups excluding carboxylic acids is 2. The summed E-state index contributed by atoms with van der Waals surface area (Å²) in [5, 5.41) is 2.18. The van der Waals surface area contributed by atoms with Crippen LogP contribution in [0, 0.1) is 5.92 Å². The summed E-state index contributed by atoms with van der Waals surface area (Å²) in [7, 11) is 0. The molecule has 5 nitrogen and oxygen atoms in total. The Morgan fingerprint density at radius 1 is 0.818 bits per heavy atom. The summed E-state index contributed by atoms with van der Waals surface area (Å²) < 4.78 is 0. The molecule has 0 spiro atoms. The molecule has 0 radical (unpaired) electrons. The van der Waals surface area contributed by atoms with Gasteiger partial charge in [0.15, 0.2) is 6.10 Å². The van der Waals surface area contributed by atoms with Crippen LogP contribution in [0.1, 0.15) is 37.9 Å². The quantitative estimate of drug-likeness (QED) is 0.471. The smallest absolute Gasteiger partial charge is 0.266 e. The molecule has 2 saturated heterocycles. The Morgan fingerprint density at radius 3 is 2.12 bits per heavy atom. The number of rotatable bonds is 3. The van der Waals surface area contributed by atoms with Crippen molar-refractivity contribution in [1.82, 2.24) is 0 Å². The van der Waals surface area contributed by atoms with Crippen molar-refractivity contribution in [2.45, 2.75) is 38.3 Å².